The molecule has 76 valence electrons. The molecule has 0 fully saturated rings. The Labute approximate surface area is 98.8 Å². The molecule has 0 amide bonds. The Hall–Kier alpha value is -0.0500. The van der Waals surface area contributed by atoms with Crippen molar-refractivity contribution in [2.24, 2.45) is 0 Å². The van der Waals surface area contributed by atoms with Crippen molar-refractivity contribution >= 4 is 28.3 Å². The van der Waals surface area contributed by atoms with Crippen LogP contribution in [0.2, 0.25) is 0 Å². The van der Waals surface area contributed by atoms with Gasteiger partial charge in [-0.3, -0.25) is 0 Å². The van der Waals surface area contributed by atoms with Crippen LogP contribution in [0.4, 0.5) is 0 Å². The third-order valence-electron chi connectivity index (χ3n) is 1.77. The molecule has 0 aromatic heterocycles. The maximum Gasteiger partial charge on any atom is 0.0391 e. The van der Waals surface area contributed by atoms with Gasteiger partial charge < -0.3 is 5.32 Å². The van der Waals surface area contributed by atoms with E-state index in [0.29, 0.717) is 0 Å². The highest BCUT2D eigenvalue weighted by Crippen LogP contribution is 2.17. The van der Waals surface area contributed by atoms with Gasteiger partial charge in [-0.15, -0.1) is 12.4 Å². The van der Waals surface area contributed by atoms with Crippen molar-refractivity contribution in [1.82, 2.24) is 5.32 Å². The highest BCUT2D eigenvalue weighted by molar-refractivity contribution is 9.10. The quantitative estimate of drug-likeness (QED) is 0.888. The van der Waals surface area contributed by atoms with Gasteiger partial charge in [0.25, 0.3) is 0 Å². The molecule has 3 heteroatoms. The molecular formula is C10H17BrClN. The van der Waals surface area contributed by atoms with Gasteiger partial charge in [0.15, 0.2) is 0 Å². The van der Waals surface area contributed by atoms with Crippen LogP contribution in [-0.4, -0.2) is 13.0 Å². The summed E-state index contributed by atoms with van der Waals surface area (Å²) in [5, 5.41) is 2.83. The lowest BCUT2D eigenvalue weighted by Crippen LogP contribution is -2.23. The van der Waals surface area contributed by atoms with Crippen molar-refractivity contribution in [2.75, 3.05) is 7.00 Å². The minimum atomic E-state index is -0.951. The fourth-order valence-corrected chi connectivity index (χ4v) is 1.50. The van der Waals surface area contributed by atoms with Crippen LogP contribution in [0.3, 0.4) is 0 Å². The normalized spacial score (nSPS) is 14.4. The summed E-state index contributed by atoms with van der Waals surface area (Å²) in [6.45, 7) is 1.03. The highest BCUT2D eigenvalue weighted by atomic mass is 79.9. The van der Waals surface area contributed by atoms with Crippen LogP contribution in [0.15, 0.2) is 28.7 Å². The number of hydrogen-bond donors (Lipinski definition) is 1. The first-order valence-electron chi connectivity index (χ1n) is 5.09. The first-order valence-corrected chi connectivity index (χ1v) is 4.73. The first kappa shape index (κ1) is 9.50. The minimum Gasteiger partial charge on any atom is -0.317 e. The zero-order valence-electron chi connectivity index (χ0n) is 9.46. The van der Waals surface area contributed by atoms with Crippen LogP contribution in [0, 0.1) is 0 Å². The Balaban J connectivity index is 0. The maximum absolute atomic E-state index is 7.07. The fourth-order valence-electron chi connectivity index (χ4n) is 1.05. The molecule has 1 aromatic carbocycles. The molecule has 0 bridgehead atoms. The van der Waals surface area contributed by atoms with E-state index in [9.17, 15) is 0 Å². The van der Waals surface area contributed by atoms with Crippen molar-refractivity contribution in [3.8, 4) is 0 Å². The van der Waals surface area contributed by atoms with Crippen molar-refractivity contribution in [3.63, 3.8) is 0 Å². The van der Waals surface area contributed by atoms with Crippen LogP contribution in [-0.2, 0) is 6.42 Å². The Morgan fingerprint density at radius 3 is 2.92 bits per heavy atom. The molecule has 0 aliphatic carbocycles. The molecule has 0 aliphatic heterocycles. The average molecular weight is 270 g/mol. The van der Waals surface area contributed by atoms with Gasteiger partial charge >= 0.3 is 0 Å². The third kappa shape index (κ3) is 4.12. The van der Waals surface area contributed by atoms with Crippen LogP contribution >= 0.6 is 28.3 Å². The van der Waals surface area contributed by atoms with Crippen molar-refractivity contribution in [1.29, 1.82) is 0 Å². The lowest BCUT2D eigenvalue weighted by atomic mass is 10.1. The lowest BCUT2D eigenvalue weighted by Gasteiger charge is -2.10. The lowest BCUT2D eigenvalue weighted by molar-refractivity contribution is 0.607. The van der Waals surface area contributed by atoms with Crippen molar-refractivity contribution < 1.29 is 4.17 Å². The summed E-state index contributed by atoms with van der Waals surface area (Å²) in [6, 6.07) is 8.16. The van der Waals surface area contributed by atoms with Gasteiger partial charge in [0.05, 0.1) is 0 Å². The number of rotatable bonds is 3. The summed E-state index contributed by atoms with van der Waals surface area (Å²) < 4.78 is 15.2. The molecule has 1 N–H and O–H groups in total. The number of hydrogen-bond acceptors (Lipinski definition) is 1. The van der Waals surface area contributed by atoms with Crippen molar-refractivity contribution in [3.05, 3.63) is 34.3 Å². The molecule has 0 heterocycles. The molecule has 0 spiro atoms. The Morgan fingerprint density at radius 2 is 2.31 bits per heavy atom. The minimum absolute atomic E-state index is 0. The molecule has 0 radical (unpaired) electrons. The largest absolute Gasteiger partial charge is 0.317 e. The summed E-state index contributed by atoms with van der Waals surface area (Å²) in [5.74, 6) is 0. The molecule has 1 atom stereocenters. The molecular weight excluding hydrogens is 249 g/mol. The van der Waals surface area contributed by atoms with Crippen LogP contribution in [0.5, 0.6) is 0 Å². The highest BCUT2D eigenvalue weighted by Gasteiger charge is 2.02. The van der Waals surface area contributed by atoms with E-state index in [2.05, 4.69) is 21.2 Å². The van der Waals surface area contributed by atoms with Gasteiger partial charge in [-0.05, 0) is 32.0 Å². The van der Waals surface area contributed by atoms with E-state index in [1.165, 1.54) is 5.56 Å². The van der Waals surface area contributed by atoms with E-state index >= 15 is 0 Å². The number of benzene rings is 1. The van der Waals surface area contributed by atoms with Crippen molar-refractivity contribution in [2.45, 2.75) is 19.4 Å². The van der Waals surface area contributed by atoms with Gasteiger partial charge in [-0.2, -0.15) is 0 Å². The van der Waals surface area contributed by atoms with Crippen LogP contribution in [0.25, 0.3) is 0 Å². The van der Waals surface area contributed by atoms with Gasteiger partial charge in [0.2, 0.25) is 0 Å². The Bertz CT molecular complexity index is 299. The molecule has 1 nitrogen and oxygen atoms in total. The Kier molecular flexibility index (Phi) is 4.69. The molecule has 0 saturated heterocycles. The Morgan fingerprint density at radius 1 is 1.62 bits per heavy atom. The zero-order valence-corrected chi connectivity index (χ0v) is 9.86. The second-order valence-corrected chi connectivity index (χ2v) is 3.72. The summed E-state index contributed by atoms with van der Waals surface area (Å²) in [7, 11) is 0. The summed E-state index contributed by atoms with van der Waals surface area (Å²) in [5.41, 5.74) is 1.20. The zero-order chi connectivity index (χ0) is 10.6. The van der Waals surface area contributed by atoms with Gasteiger partial charge in [-0.25, -0.2) is 0 Å². The molecule has 13 heavy (non-hydrogen) atoms. The predicted molar refractivity (Wildman–Crippen MR) is 65.7 cm³/mol. The molecule has 1 rings (SSSR count). The molecule has 1 unspecified atom stereocenters. The molecule has 0 aliphatic rings. The number of halogens is 2. The second-order valence-electron chi connectivity index (χ2n) is 2.86. The smallest absolute Gasteiger partial charge is 0.0391 e. The third-order valence-corrected chi connectivity index (χ3v) is 2.54. The summed E-state index contributed by atoms with van der Waals surface area (Å²) >= 11 is 3.47. The van der Waals surface area contributed by atoms with E-state index in [0.717, 1.165) is 10.9 Å². The van der Waals surface area contributed by atoms with E-state index in [1.54, 1.807) is 0 Å². The number of likely N-dealkylation sites (N-methyl/N-ethyl adjacent to an activating group) is 1. The SMILES string of the molecule is Cl.[2HH].[2H]C([2H])NC(C)Cc1ccccc1Br. The monoisotopic (exact) mass is 268 g/mol. The summed E-state index contributed by atoms with van der Waals surface area (Å²) in [6.07, 6.45) is 0.829. The fraction of sp³-hybridized carbons (Fsp3) is 0.400. The summed E-state index contributed by atoms with van der Waals surface area (Å²) in [4.78, 5) is 0. The van der Waals surface area contributed by atoms with E-state index in [4.69, 9.17) is 2.74 Å². The number of nitrogens with one attached hydrogen (secondary N) is 1. The van der Waals surface area contributed by atoms with Gasteiger partial charge in [-0.1, -0.05) is 34.1 Å². The van der Waals surface area contributed by atoms with Crippen LogP contribution < -0.4 is 5.32 Å². The predicted octanol–water partition coefficient (Wildman–Crippen LogP) is 3.27. The van der Waals surface area contributed by atoms with E-state index < -0.39 is 7.00 Å². The second kappa shape index (κ2) is 6.41. The average Bonchev–Trinajstić information content (AvgIpc) is 2.07. The van der Waals surface area contributed by atoms with E-state index in [1.807, 2.05) is 31.2 Å². The molecule has 0 saturated carbocycles. The first-order chi connectivity index (χ1) is 6.59. The van der Waals surface area contributed by atoms with Gasteiger partial charge in [0, 0.05) is 14.7 Å². The van der Waals surface area contributed by atoms with Gasteiger partial charge in [0.1, 0.15) is 0 Å². The topological polar surface area (TPSA) is 12.0 Å². The maximum atomic E-state index is 7.07. The molecule has 1 aromatic rings. The standard InChI is InChI=1S/C10H14BrN.ClH.H2/c1-8(12-2)7-9-5-3-4-6-10(9)11;;/h3-6,8,12H,7H2,1-2H3;2*1H/i2D2;;1+1. The van der Waals surface area contributed by atoms with Crippen LogP contribution in [0.1, 0.15) is 16.7 Å². The van der Waals surface area contributed by atoms with E-state index in [-0.39, 0.29) is 19.9 Å².